The molecule has 3 nitrogen and oxygen atoms in total. The summed E-state index contributed by atoms with van der Waals surface area (Å²) in [6, 6.07) is 3.21. The summed E-state index contributed by atoms with van der Waals surface area (Å²) >= 11 is 15.7. The van der Waals surface area contributed by atoms with Crippen LogP contribution in [-0.4, -0.2) is 13.0 Å². The molecular formula is C7H3Br5O3S. The molecule has 0 saturated carbocycles. The first kappa shape index (κ1) is 15.6. The molecule has 0 aliphatic heterocycles. The van der Waals surface area contributed by atoms with E-state index >= 15 is 0 Å². The molecule has 0 bridgehead atoms. The van der Waals surface area contributed by atoms with Gasteiger partial charge in [-0.05, 0) is 85.7 Å². The van der Waals surface area contributed by atoms with Crippen LogP contribution in [0, 0.1) is 0 Å². The van der Waals surface area contributed by atoms with Gasteiger partial charge in [-0.25, -0.2) is 0 Å². The normalized spacial score (nSPS) is 12.9. The van der Waals surface area contributed by atoms with E-state index < -0.39 is 12.7 Å². The maximum Gasteiger partial charge on any atom is 0.295 e. The smallest absolute Gasteiger partial charge is 0.284 e. The van der Waals surface area contributed by atoms with Gasteiger partial charge in [0.25, 0.3) is 10.1 Å². The Balaban J connectivity index is 3.53. The molecule has 1 rings (SSSR count). The largest absolute Gasteiger partial charge is 0.295 e. The van der Waals surface area contributed by atoms with E-state index in [1.165, 1.54) is 0 Å². The molecule has 90 valence electrons. The molecule has 0 fully saturated rings. The number of halogens is 5. The number of benzene rings is 1. The van der Waals surface area contributed by atoms with Gasteiger partial charge in [0.05, 0.1) is 0 Å². The molecule has 0 heterocycles. The van der Waals surface area contributed by atoms with Crippen LogP contribution in [0.3, 0.4) is 0 Å². The zero-order valence-electron chi connectivity index (χ0n) is 7.22. The fourth-order valence-electron chi connectivity index (χ4n) is 0.890. The molecule has 1 aromatic carbocycles. The van der Waals surface area contributed by atoms with Crippen molar-refractivity contribution in [1.29, 1.82) is 0 Å². The minimum absolute atomic E-state index is 0.324. The van der Waals surface area contributed by atoms with E-state index in [9.17, 15) is 8.42 Å². The Kier molecular flexibility index (Phi) is 5.12. The summed E-state index contributed by atoms with van der Waals surface area (Å²) in [7, 11) is -4.34. The predicted molar refractivity (Wildman–Crippen MR) is 80.6 cm³/mol. The van der Waals surface area contributed by atoms with Crippen LogP contribution >= 0.6 is 79.6 Å². The fraction of sp³-hybridized carbons (Fsp3) is 0.143. The molecule has 0 radical (unpaired) electrons. The van der Waals surface area contributed by atoms with E-state index in [1.54, 1.807) is 12.1 Å². The average molecular weight is 567 g/mol. The third-order valence-electron chi connectivity index (χ3n) is 1.67. The molecule has 0 unspecified atom stereocenters. The predicted octanol–water partition coefficient (Wildman–Crippen LogP) is 4.76. The van der Waals surface area contributed by atoms with Gasteiger partial charge in [0.2, 0.25) is 2.57 Å². The molecule has 16 heavy (non-hydrogen) atoms. The van der Waals surface area contributed by atoms with E-state index in [-0.39, 0.29) is 0 Å². The van der Waals surface area contributed by atoms with Crippen LogP contribution in [0.25, 0.3) is 0 Å². The Hall–Kier alpha value is 1.53. The number of rotatable bonds is 2. The first-order valence-electron chi connectivity index (χ1n) is 3.58. The van der Waals surface area contributed by atoms with Crippen LogP contribution < -0.4 is 0 Å². The highest BCUT2D eigenvalue weighted by Gasteiger charge is 2.41. The van der Waals surface area contributed by atoms with E-state index in [1.807, 2.05) is 0 Å². The van der Waals surface area contributed by atoms with Crippen LogP contribution in [0.2, 0.25) is 0 Å². The van der Waals surface area contributed by atoms with Crippen molar-refractivity contribution in [3.63, 3.8) is 0 Å². The van der Waals surface area contributed by atoms with Crippen molar-refractivity contribution in [2.45, 2.75) is 2.57 Å². The summed E-state index contributed by atoms with van der Waals surface area (Å²) in [5.41, 5.74) is 0.324. The van der Waals surface area contributed by atoms with E-state index in [4.69, 9.17) is 4.55 Å². The zero-order valence-corrected chi connectivity index (χ0v) is 16.0. The number of alkyl halides is 2. The van der Waals surface area contributed by atoms with Crippen molar-refractivity contribution in [1.82, 2.24) is 0 Å². The van der Waals surface area contributed by atoms with Crippen LogP contribution in [0.5, 0.6) is 0 Å². The molecular weight excluding hydrogens is 564 g/mol. The number of hydrogen-bond donors (Lipinski definition) is 1. The monoisotopic (exact) mass is 562 g/mol. The second kappa shape index (κ2) is 5.26. The lowest BCUT2D eigenvalue weighted by molar-refractivity contribution is 0.479. The summed E-state index contributed by atoms with van der Waals surface area (Å²) in [6.45, 7) is 0. The summed E-state index contributed by atoms with van der Waals surface area (Å²) < 4.78 is 31.7. The lowest BCUT2D eigenvalue weighted by atomic mass is 10.2. The van der Waals surface area contributed by atoms with E-state index in [0.717, 1.165) is 4.47 Å². The van der Waals surface area contributed by atoms with Gasteiger partial charge in [-0.1, -0.05) is 6.07 Å². The highest BCUT2D eigenvalue weighted by atomic mass is 79.9. The topological polar surface area (TPSA) is 54.4 Å². The lowest BCUT2D eigenvalue weighted by Crippen LogP contribution is -2.22. The minimum atomic E-state index is -4.34. The summed E-state index contributed by atoms with van der Waals surface area (Å²) in [4.78, 5) is 0. The Bertz CT molecular complexity index is 525. The standard InChI is InChI=1S/C7H3Br5O3S/c8-4-2-1-3(5(9)6(4)10)7(11,12)16(13,14)15/h1-2H,(H,13,14,15). The van der Waals surface area contributed by atoms with E-state index in [0.29, 0.717) is 14.5 Å². The van der Waals surface area contributed by atoms with Crippen LogP contribution in [0.4, 0.5) is 0 Å². The third kappa shape index (κ3) is 2.92. The van der Waals surface area contributed by atoms with Crippen molar-refractivity contribution in [2.24, 2.45) is 0 Å². The molecule has 0 atom stereocenters. The van der Waals surface area contributed by atoms with Crippen molar-refractivity contribution < 1.29 is 13.0 Å². The lowest BCUT2D eigenvalue weighted by Gasteiger charge is -2.19. The summed E-state index contributed by atoms with van der Waals surface area (Å²) in [5.74, 6) is 0. The molecule has 9 heteroatoms. The van der Waals surface area contributed by atoms with Gasteiger partial charge >= 0.3 is 0 Å². The zero-order chi connectivity index (χ0) is 12.7. The Labute approximate surface area is 135 Å². The number of hydrogen-bond acceptors (Lipinski definition) is 2. The van der Waals surface area contributed by atoms with Gasteiger partial charge in [-0.15, -0.1) is 0 Å². The fourth-order valence-corrected chi connectivity index (χ4v) is 4.25. The minimum Gasteiger partial charge on any atom is -0.284 e. The molecule has 0 aromatic heterocycles. The van der Waals surface area contributed by atoms with Crippen LogP contribution in [0.15, 0.2) is 25.6 Å². The maximum absolute atomic E-state index is 11.2. The van der Waals surface area contributed by atoms with Gasteiger partial charge in [-0.2, -0.15) is 8.42 Å². The van der Waals surface area contributed by atoms with Crippen LogP contribution in [-0.2, 0) is 12.7 Å². The SMILES string of the molecule is O=S(=O)(O)C(Br)(Br)c1ccc(Br)c(Br)c1Br. The van der Waals surface area contributed by atoms with Gasteiger partial charge in [0.1, 0.15) is 0 Å². The van der Waals surface area contributed by atoms with E-state index in [2.05, 4.69) is 79.6 Å². The highest BCUT2D eigenvalue weighted by Crippen LogP contribution is 2.48. The average Bonchev–Trinajstić information content (AvgIpc) is 2.12. The van der Waals surface area contributed by atoms with Gasteiger partial charge < -0.3 is 0 Å². The molecule has 0 spiro atoms. The molecule has 0 aliphatic rings. The second-order valence-corrected chi connectivity index (χ2v) is 11.2. The molecule has 0 saturated heterocycles. The maximum atomic E-state index is 11.2. The third-order valence-corrected chi connectivity index (χ3v) is 9.22. The quantitative estimate of drug-likeness (QED) is 0.319. The first-order chi connectivity index (χ1) is 7.09. The Morgan fingerprint density at radius 2 is 1.56 bits per heavy atom. The van der Waals surface area contributed by atoms with Crippen molar-refractivity contribution in [2.75, 3.05) is 0 Å². The second-order valence-electron chi connectivity index (χ2n) is 2.71. The van der Waals surface area contributed by atoms with Gasteiger partial charge in [0, 0.05) is 19.0 Å². The highest BCUT2D eigenvalue weighted by molar-refractivity contribution is 9.27. The molecule has 1 N–H and O–H groups in total. The molecule has 0 amide bonds. The van der Waals surface area contributed by atoms with Crippen molar-refractivity contribution >= 4 is 89.8 Å². The van der Waals surface area contributed by atoms with Crippen LogP contribution in [0.1, 0.15) is 5.56 Å². The first-order valence-corrected chi connectivity index (χ1v) is 8.98. The molecule has 0 aliphatic carbocycles. The van der Waals surface area contributed by atoms with Gasteiger partial charge in [0.15, 0.2) is 0 Å². The van der Waals surface area contributed by atoms with Crippen molar-refractivity contribution in [3.05, 3.63) is 31.1 Å². The Morgan fingerprint density at radius 1 is 1.06 bits per heavy atom. The summed E-state index contributed by atoms with van der Waals surface area (Å²) in [6.07, 6.45) is 0. The van der Waals surface area contributed by atoms with Gasteiger partial charge in [-0.3, -0.25) is 4.55 Å². The Morgan fingerprint density at radius 3 is 2.00 bits per heavy atom. The summed E-state index contributed by atoms with van der Waals surface area (Å²) in [5, 5.41) is 0. The van der Waals surface area contributed by atoms with Crippen molar-refractivity contribution in [3.8, 4) is 0 Å². The molecule has 1 aromatic rings.